The van der Waals surface area contributed by atoms with Gasteiger partial charge in [0.25, 0.3) is 0 Å². The fourth-order valence-corrected chi connectivity index (χ4v) is 3.33. The summed E-state index contributed by atoms with van der Waals surface area (Å²) in [6.07, 6.45) is 10.2. The highest BCUT2D eigenvalue weighted by molar-refractivity contribution is 9.11. The van der Waals surface area contributed by atoms with Gasteiger partial charge in [-0.15, -0.1) is 0 Å². The molecule has 0 spiro atoms. The molecule has 0 saturated heterocycles. The van der Waals surface area contributed by atoms with Crippen LogP contribution in [-0.4, -0.2) is 11.2 Å². The van der Waals surface area contributed by atoms with Gasteiger partial charge in [-0.25, -0.2) is 0 Å². The third-order valence-corrected chi connectivity index (χ3v) is 4.71. The summed E-state index contributed by atoms with van der Waals surface area (Å²) in [6, 6.07) is 10.4. The predicted molar refractivity (Wildman–Crippen MR) is 84.4 cm³/mol. The zero-order valence-electron chi connectivity index (χ0n) is 11.4. The Morgan fingerprint density at radius 2 is 1.89 bits per heavy atom. The van der Waals surface area contributed by atoms with Gasteiger partial charge in [-0.2, -0.15) is 0 Å². The van der Waals surface area contributed by atoms with E-state index in [9.17, 15) is 5.11 Å². The van der Waals surface area contributed by atoms with Crippen molar-refractivity contribution in [2.45, 2.75) is 51.0 Å². The van der Waals surface area contributed by atoms with E-state index < -0.39 is 0 Å². The van der Waals surface area contributed by atoms with Crippen LogP contribution in [0.3, 0.4) is 0 Å². The molecule has 1 unspecified atom stereocenters. The van der Waals surface area contributed by atoms with Crippen molar-refractivity contribution in [2.24, 2.45) is 5.92 Å². The summed E-state index contributed by atoms with van der Waals surface area (Å²) >= 11 is 3.56. The minimum absolute atomic E-state index is 0.359. The van der Waals surface area contributed by atoms with Crippen LogP contribution < -0.4 is 0 Å². The van der Waals surface area contributed by atoms with Gasteiger partial charge >= 0.3 is 0 Å². The van der Waals surface area contributed by atoms with E-state index in [1.807, 2.05) is 6.07 Å². The van der Waals surface area contributed by atoms with Crippen molar-refractivity contribution in [1.29, 1.82) is 0 Å². The Kier molecular flexibility index (Phi) is 6.12. The first-order valence-corrected chi connectivity index (χ1v) is 8.14. The molecular formula is C17H23BrO. The smallest absolute Gasteiger partial charge is 0.0854 e. The number of aliphatic hydroxyl groups is 1. The molecule has 19 heavy (non-hydrogen) atoms. The molecule has 104 valence electrons. The van der Waals surface area contributed by atoms with Crippen molar-refractivity contribution in [1.82, 2.24) is 0 Å². The zero-order valence-corrected chi connectivity index (χ0v) is 13.0. The van der Waals surface area contributed by atoms with E-state index >= 15 is 0 Å². The number of allylic oxidation sites excluding steroid dienone is 1. The molecule has 0 heterocycles. The monoisotopic (exact) mass is 322 g/mol. The number of rotatable bonds is 5. The molecule has 1 aliphatic carbocycles. The lowest BCUT2D eigenvalue weighted by atomic mass is 9.88. The van der Waals surface area contributed by atoms with Crippen LogP contribution in [0.4, 0.5) is 0 Å². The van der Waals surface area contributed by atoms with Crippen molar-refractivity contribution in [3.63, 3.8) is 0 Å². The third kappa shape index (κ3) is 5.12. The zero-order chi connectivity index (χ0) is 13.5. The molecule has 1 aromatic carbocycles. The summed E-state index contributed by atoms with van der Waals surface area (Å²) in [5.74, 6) is 0.662. The maximum atomic E-state index is 10.2. The average Bonchev–Trinajstić information content (AvgIpc) is 2.47. The number of halogens is 1. The minimum Gasteiger partial charge on any atom is -0.388 e. The van der Waals surface area contributed by atoms with E-state index in [4.69, 9.17) is 0 Å². The van der Waals surface area contributed by atoms with Crippen molar-refractivity contribution < 1.29 is 5.11 Å². The summed E-state index contributed by atoms with van der Waals surface area (Å²) in [7, 11) is 0. The van der Waals surface area contributed by atoms with E-state index in [1.165, 1.54) is 37.7 Å². The molecule has 1 aliphatic rings. The van der Waals surface area contributed by atoms with Crippen LogP contribution in [0.1, 0.15) is 44.1 Å². The lowest BCUT2D eigenvalue weighted by Gasteiger charge is -2.20. The molecule has 1 saturated carbocycles. The molecule has 1 N–H and O–H groups in total. The van der Waals surface area contributed by atoms with Gasteiger partial charge in [0.2, 0.25) is 0 Å². The summed E-state index contributed by atoms with van der Waals surface area (Å²) in [5, 5.41) is 10.2. The Morgan fingerprint density at radius 1 is 1.21 bits per heavy atom. The summed E-state index contributed by atoms with van der Waals surface area (Å²) < 4.78 is 0.982. The Morgan fingerprint density at radius 3 is 2.58 bits per heavy atom. The molecule has 0 aliphatic heterocycles. The first-order valence-electron chi connectivity index (χ1n) is 7.35. The molecule has 1 fully saturated rings. The molecule has 1 aromatic rings. The maximum absolute atomic E-state index is 10.2. The molecule has 0 bridgehead atoms. The van der Waals surface area contributed by atoms with Crippen LogP contribution in [0.5, 0.6) is 0 Å². The van der Waals surface area contributed by atoms with Crippen LogP contribution in [0.25, 0.3) is 0 Å². The molecule has 0 radical (unpaired) electrons. The molecule has 1 atom stereocenters. The summed E-state index contributed by atoms with van der Waals surface area (Å²) in [4.78, 5) is 0. The Bertz CT molecular complexity index is 393. The fourth-order valence-electron chi connectivity index (χ4n) is 2.72. The SMILES string of the molecule is OC(CCc1ccccc1)/C(Br)=C/C1CCCCC1. The molecule has 2 rings (SSSR count). The number of aryl methyl sites for hydroxylation is 1. The van der Waals surface area contributed by atoms with Crippen LogP contribution in [0.2, 0.25) is 0 Å². The van der Waals surface area contributed by atoms with Crippen molar-refractivity contribution >= 4 is 15.9 Å². The number of aliphatic hydroxyl groups excluding tert-OH is 1. The lowest BCUT2D eigenvalue weighted by Crippen LogP contribution is -2.11. The van der Waals surface area contributed by atoms with Crippen molar-refractivity contribution in [2.75, 3.05) is 0 Å². The van der Waals surface area contributed by atoms with Crippen LogP contribution >= 0.6 is 15.9 Å². The standard InChI is InChI=1S/C17H23BrO/c18-16(13-15-9-5-2-6-10-15)17(19)12-11-14-7-3-1-4-8-14/h1,3-4,7-8,13,15,17,19H,2,5-6,9-12H2/b16-13-. The highest BCUT2D eigenvalue weighted by atomic mass is 79.9. The van der Waals surface area contributed by atoms with Gasteiger partial charge < -0.3 is 5.11 Å². The summed E-state index contributed by atoms with van der Waals surface area (Å²) in [5.41, 5.74) is 1.29. The van der Waals surface area contributed by atoms with E-state index in [0.29, 0.717) is 5.92 Å². The van der Waals surface area contributed by atoms with E-state index in [0.717, 1.165) is 17.3 Å². The normalized spacial score (nSPS) is 19.4. The lowest BCUT2D eigenvalue weighted by molar-refractivity contribution is 0.209. The Labute approximate surface area is 124 Å². The van der Waals surface area contributed by atoms with Gasteiger partial charge in [0.05, 0.1) is 6.10 Å². The number of benzene rings is 1. The molecule has 2 heteroatoms. The van der Waals surface area contributed by atoms with Gasteiger partial charge in [-0.3, -0.25) is 0 Å². The van der Waals surface area contributed by atoms with Gasteiger partial charge in [-0.1, -0.05) is 71.6 Å². The summed E-state index contributed by atoms with van der Waals surface area (Å²) in [6.45, 7) is 0. The number of hydrogen-bond donors (Lipinski definition) is 1. The van der Waals surface area contributed by atoms with E-state index in [-0.39, 0.29) is 6.10 Å². The third-order valence-electron chi connectivity index (χ3n) is 3.91. The second-order valence-electron chi connectivity index (χ2n) is 5.49. The van der Waals surface area contributed by atoms with Crippen molar-refractivity contribution in [3.8, 4) is 0 Å². The van der Waals surface area contributed by atoms with Crippen LogP contribution in [0, 0.1) is 5.92 Å². The first-order chi connectivity index (χ1) is 9.25. The first kappa shape index (κ1) is 14.8. The maximum Gasteiger partial charge on any atom is 0.0854 e. The topological polar surface area (TPSA) is 20.2 Å². The largest absolute Gasteiger partial charge is 0.388 e. The van der Waals surface area contributed by atoms with Gasteiger partial charge in [0.15, 0.2) is 0 Å². The van der Waals surface area contributed by atoms with E-state index in [1.54, 1.807) is 0 Å². The fraction of sp³-hybridized carbons (Fsp3) is 0.529. The average molecular weight is 323 g/mol. The Hall–Kier alpha value is -0.600. The highest BCUT2D eigenvalue weighted by Crippen LogP contribution is 2.28. The Balaban J connectivity index is 1.81. The van der Waals surface area contributed by atoms with Crippen molar-refractivity contribution in [3.05, 3.63) is 46.5 Å². The van der Waals surface area contributed by atoms with Crippen LogP contribution in [-0.2, 0) is 6.42 Å². The van der Waals surface area contributed by atoms with Gasteiger partial charge in [0.1, 0.15) is 0 Å². The minimum atomic E-state index is -0.359. The quantitative estimate of drug-likeness (QED) is 0.822. The van der Waals surface area contributed by atoms with E-state index in [2.05, 4.69) is 46.3 Å². The highest BCUT2D eigenvalue weighted by Gasteiger charge is 2.14. The molecule has 0 amide bonds. The molecule has 1 nitrogen and oxygen atoms in total. The molecular weight excluding hydrogens is 300 g/mol. The van der Waals surface area contributed by atoms with Gasteiger partial charge in [-0.05, 0) is 37.2 Å². The predicted octanol–water partition coefficient (Wildman–Crippen LogP) is 4.84. The second-order valence-corrected chi connectivity index (χ2v) is 6.41. The van der Waals surface area contributed by atoms with Crippen LogP contribution in [0.15, 0.2) is 40.9 Å². The van der Waals surface area contributed by atoms with Gasteiger partial charge in [0, 0.05) is 4.48 Å². The second kappa shape index (κ2) is 7.86. The number of hydrogen-bond acceptors (Lipinski definition) is 1. The molecule has 0 aromatic heterocycles.